The number of carbonyl (C=O) groups is 1. The summed E-state index contributed by atoms with van der Waals surface area (Å²) < 4.78 is 13.3. The molecular formula is C22H27FN2O2. The highest BCUT2D eigenvalue weighted by Crippen LogP contribution is 2.34. The highest BCUT2D eigenvalue weighted by atomic mass is 19.1. The molecule has 0 radical (unpaired) electrons. The molecule has 5 heteroatoms. The number of hydrogen-bond acceptors (Lipinski definition) is 3. The Balaban J connectivity index is 1.77. The zero-order valence-electron chi connectivity index (χ0n) is 16.2. The SMILES string of the molecule is CC(=O)NC1(c2ccc(F)cc2)CCN(Cc2cc(C)cc(C)c2O)CC1. The topological polar surface area (TPSA) is 52.6 Å². The molecule has 1 aliphatic rings. The maximum absolute atomic E-state index is 13.3. The first-order valence-electron chi connectivity index (χ1n) is 9.35. The number of likely N-dealkylation sites (tertiary alicyclic amines) is 1. The van der Waals surface area contributed by atoms with Crippen LogP contribution in [0.2, 0.25) is 0 Å². The lowest BCUT2D eigenvalue weighted by Crippen LogP contribution is -2.52. The van der Waals surface area contributed by atoms with E-state index in [4.69, 9.17) is 0 Å². The summed E-state index contributed by atoms with van der Waals surface area (Å²) >= 11 is 0. The van der Waals surface area contributed by atoms with Gasteiger partial charge in [0.05, 0.1) is 5.54 Å². The number of aromatic hydroxyl groups is 1. The fourth-order valence-electron chi connectivity index (χ4n) is 4.09. The molecule has 3 rings (SSSR count). The number of rotatable bonds is 4. The summed E-state index contributed by atoms with van der Waals surface area (Å²) in [6.07, 6.45) is 1.48. The van der Waals surface area contributed by atoms with Crippen molar-refractivity contribution in [2.75, 3.05) is 13.1 Å². The van der Waals surface area contributed by atoms with E-state index < -0.39 is 5.54 Å². The zero-order valence-corrected chi connectivity index (χ0v) is 16.2. The van der Waals surface area contributed by atoms with Gasteiger partial charge < -0.3 is 10.4 Å². The third-order valence-electron chi connectivity index (χ3n) is 5.44. The largest absolute Gasteiger partial charge is 0.507 e. The van der Waals surface area contributed by atoms with Crippen LogP contribution in [0, 0.1) is 19.7 Å². The Morgan fingerprint density at radius 2 is 1.81 bits per heavy atom. The number of nitrogens with one attached hydrogen (secondary N) is 1. The van der Waals surface area contributed by atoms with E-state index >= 15 is 0 Å². The van der Waals surface area contributed by atoms with E-state index in [2.05, 4.69) is 10.2 Å². The third-order valence-corrected chi connectivity index (χ3v) is 5.44. The molecule has 1 amide bonds. The highest BCUT2D eigenvalue weighted by molar-refractivity contribution is 5.74. The van der Waals surface area contributed by atoms with Crippen LogP contribution in [-0.4, -0.2) is 29.0 Å². The quantitative estimate of drug-likeness (QED) is 0.861. The first-order valence-corrected chi connectivity index (χ1v) is 9.35. The third kappa shape index (κ3) is 4.30. The first-order chi connectivity index (χ1) is 12.8. The molecule has 1 heterocycles. The second-order valence-corrected chi connectivity index (χ2v) is 7.64. The molecule has 27 heavy (non-hydrogen) atoms. The number of piperidine rings is 1. The fourth-order valence-corrected chi connectivity index (χ4v) is 4.09. The van der Waals surface area contributed by atoms with Crippen molar-refractivity contribution in [2.45, 2.75) is 45.7 Å². The van der Waals surface area contributed by atoms with Crippen LogP contribution in [-0.2, 0) is 16.9 Å². The van der Waals surface area contributed by atoms with E-state index in [0.717, 1.165) is 48.2 Å². The number of halogens is 1. The standard InChI is InChI=1S/C22H27FN2O2/c1-15-12-16(2)21(27)18(13-15)14-25-10-8-22(9-11-25,24-17(3)26)19-4-6-20(23)7-5-19/h4-7,12-13,27H,8-11,14H2,1-3H3,(H,24,26). The van der Waals surface area contributed by atoms with Gasteiger partial charge >= 0.3 is 0 Å². The minimum atomic E-state index is -0.472. The minimum absolute atomic E-state index is 0.0836. The molecule has 2 aromatic carbocycles. The Bertz CT molecular complexity index is 825. The number of carbonyl (C=O) groups excluding carboxylic acids is 1. The smallest absolute Gasteiger partial charge is 0.217 e. The molecule has 0 bridgehead atoms. The van der Waals surface area contributed by atoms with Gasteiger partial charge in [-0.3, -0.25) is 9.69 Å². The fraction of sp³-hybridized carbons (Fsp3) is 0.409. The van der Waals surface area contributed by atoms with Crippen molar-refractivity contribution in [1.29, 1.82) is 0 Å². The summed E-state index contributed by atoms with van der Waals surface area (Å²) in [5.41, 5.74) is 3.42. The maximum atomic E-state index is 13.3. The van der Waals surface area contributed by atoms with E-state index in [0.29, 0.717) is 12.3 Å². The lowest BCUT2D eigenvalue weighted by atomic mass is 9.80. The van der Waals surface area contributed by atoms with Crippen LogP contribution in [0.3, 0.4) is 0 Å². The van der Waals surface area contributed by atoms with Crippen LogP contribution in [0.1, 0.15) is 42.0 Å². The average Bonchev–Trinajstić information content (AvgIpc) is 2.61. The van der Waals surface area contributed by atoms with E-state index in [1.165, 1.54) is 19.1 Å². The molecule has 0 unspecified atom stereocenters. The Morgan fingerprint density at radius 1 is 1.19 bits per heavy atom. The molecule has 0 atom stereocenters. The molecule has 0 spiro atoms. The number of phenolic OH excluding ortho intramolecular Hbond substituents is 1. The van der Waals surface area contributed by atoms with Gasteiger partial charge in [-0.25, -0.2) is 4.39 Å². The van der Waals surface area contributed by atoms with Crippen molar-refractivity contribution in [3.63, 3.8) is 0 Å². The summed E-state index contributed by atoms with van der Waals surface area (Å²) in [5.74, 6) is -0.00276. The Morgan fingerprint density at radius 3 is 2.41 bits per heavy atom. The maximum Gasteiger partial charge on any atom is 0.217 e. The number of nitrogens with zero attached hydrogens (tertiary/aromatic N) is 1. The van der Waals surface area contributed by atoms with Gasteiger partial charge in [-0.05, 0) is 49.9 Å². The zero-order chi connectivity index (χ0) is 19.6. The Labute approximate surface area is 160 Å². The van der Waals surface area contributed by atoms with Gasteiger partial charge in [0, 0.05) is 32.1 Å². The summed E-state index contributed by atoms with van der Waals surface area (Å²) in [6.45, 7) is 7.70. The number of phenols is 1. The molecule has 1 saturated heterocycles. The molecule has 0 saturated carbocycles. The van der Waals surface area contributed by atoms with Crippen LogP contribution in [0.15, 0.2) is 36.4 Å². The summed E-state index contributed by atoms with van der Waals surface area (Å²) in [7, 11) is 0. The lowest BCUT2D eigenvalue weighted by Gasteiger charge is -2.42. The van der Waals surface area contributed by atoms with E-state index in [1.54, 1.807) is 12.1 Å². The van der Waals surface area contributed by atoms with Crippen LogP contribution in [0.25, 0.3) is 0 Å². The predicted octanol–water partition coefficient (Wildman–Crippen LogP) is 3.78. The summed E-state index contributed by atoms with van der Waals surface area (Å²) in [6, 6.07) is 10.4. The van der Waals surface area contributed by atoms with Gasteiger partial charge in [0.15, 0.2) is 0 Å². The summed E-state index contributed by atoms with van der Waals surface area (Å²) in [4.78, 5) is 14.1. The Hall–Kier alpha value is -2.40. The van der Waals surface area contributed by atoms with Gasteiger partial charge in [-0.15, -0.1) is 0 Å². The van der Waals surface area contributed by atoms with Crippen molar-refractivity contribution < 1.29 is 14.3 Å². The second kappa shape index (κ2) is 7.69. The number of hydrogen-bond donors (Lipinski definition) is 2. The first kappa shape index (κ1) is 19.4. The molecule has 1 aliphatic heterocycles. The van der Waals surface area contributed by atoms with Crippen LogP contribution < -0.4 is 5.32 Å². The van der Waals surface area contributed by atoms with E-state index in [-0.39, 0.29) is 11.7 Å². The van der Waals surface area contributed by atoms with Gasteiger partial charge in [-0.2, -0.15) is 0 Å². The van der Waals surface area contributed by atoms with Crippen molar-refractivity contribution in [2.24, 2.45) is 0 Å². The molecule has 0 aromatic heterocycles. The van der Waals surface area contributed by atoms with Crippen LogP contribution >= 0.6 is 0 Å². The molecule has 0 aliphatic carbocycles. The molecule has 2 N–H and O–H groups in total. The van der Waals surface area contributed by atoms with E-state index in [1.807, 2.05) is 26.0 Å². The van der Waals surface area contributed by atoms with Gasteiger partial charge in [0.2, 0.25) is 5.91 Å². The molecule has 2 aromatic rings. The normalized spacial score (nSPS) is 16.9. The van der Waals surface area contributed by atoms with Crippen molar-refractivity contribution in [1.82, 2.24) is 10.2 Å². The number of amides is 1. The van der Waals surface area contributed by atoms with Gasteiger partial charge in [0.1, 0.15) is 11.6 Å². The molecule has 1 fully saturated rings. The number of aryl methyl sites for hydroxylation is 2. The van der Waals surface area contributed by atoms with E-state index in [9.17, 15) is 14.3 Å². The molecular weight excluding hydrogens is 343 g/mol. The van der Waals surface area contributed by atoms with Gasteiger partial charge in [0.25, 0.3) is 0 Å². The molecule has 144 valence electrons. The summed E-state index contributed by atoms with van der Waals surface area (Å²) in [5, 5.41) is 13.5. The predicted molar refractivity (Wildman–Crippen MR) is 104 cm³/mol. The van der Waals surface area contributed by atoms with Crippen LogP contribution in [0.5, 0.6) is 5.75 Å². The monoisotopic (exact) mass is 370 g/mol. The van der Waals surface area contributed by atoms with Gasteiger partial charge in [-0.1, -0.05) is 29.8 Å². The Kier molecular flexibility index (Phi) is 5.51. The molecule has 4 nitrogen and oxygen atoms in total. The average molecular weight is 370 g/mol. The minimum Gasteiger partial charge on any atom is -0.507 e. The van der Waals surface area contributed by atoms with Crippen molar-refractivity contribution in [3.8, 4) is 5.75 Å². The van der Waals surface area contributed by atoms with Crippen molar-refractivity contribution >= 4 is 5.91 Å². The second-order valence-electron chi connectivity index (χ2n) is 7.64. The van der Waals surface area contributed by atoms with Crippen molar-refractivity contribution in [3.05, 3.63) is 64.5 Å². The number of benzene rings is 2. The lowest BCUT2D eigenvalue weighted by molar-refractivity contribution is -0.121. The van der Waals surface area contributed by atoms with Crippen LogP contribution in [0.4, 0.5) is 4.39 Å². The highest BCUT2D eigenvalue weighted by Gasteiger charge is 2.37.